The predicted molar refractivity (Wildman–Crippen MR) is 117 cm³/mol. The molecule has 0 saturated carbocycles. The minimum Gasteiger partial charge on any atom is -0.399 e. The molecular formula is C22H20N6O. The van der Waals surface area contributed by atoms with Crippen molar-refractivity contribution in [3.8, 4) is 11.1 Å². The van der Waals surface area contributed by atoms with E-state index in [1.165, 1.54) is 18.2 Å². The number of carbonyl (C=O) groups excluding carboxylic acids is 1. The number of anilines is 1. The SMILES string of the molecule is C=C/C(N)=C\C=C(/N)C(=O)Nc1cc(-c2cccc3[nH]ccc23)cc2[nH]ncc12. The highest BCUT2D eigenvalue weighted by molar-refractivity contribution is 6.09. The zero-order valence-electron chi connectivity index (χ0n) is 15.6. The summed E-state index contributed by atoms with van der Waals surface area (Å²) >= 11 is 0. The van der Waals surface area contributed by atoms with Crippen LogP contribution in [0.15, 0.2) is 85.0 Å². The zero-order chi connectivity index (χ0) is 20.4. The fraction of sp³-hybridized carbons (Fsp3) is 0. The van der Waals surface area contributed by atoms with Crippen LogP contribution in [-0.2, 0) is 4.79 Å². The number of hydrogen-bond acceptors (Lipinski definition) is 4. The van der Waals surface area contributed by atoms with E-state index >= 15 is 0 Å². The molecule has 0 atom stereocenters. The van der Waals surface area contributed by atoms with E-state index in [1.54, 1.807) is 6.20 Å². The molecule has 0 spiro atoms. The Kier molecular flexibility index (Phi) is 4.62. The Balaban J connectivity index is 1.75. The summed E-state index contributed by atoms with van der Waals surface area (Å²) in [6.45, 7) is 3.56. The standard InChI is InChI=1S/C22H20N6O/c1-2-14(23)6-7-18(24)22(29)27-20-10-13(11-21-17(20)12-26-28-21)15-4-3-5-19-16(15)8-9-25-19/h2-12,25H,1,23-24H2,(H,26,28)(H,27,29)/b14-6+,18-7-. The molecule has 2 heterocycles. The molecule has 29 heavy (non-hydrogen) atoms. The number of hydrogen-bond donors (Lipinski definition) is 5. The third-order valence-electron chi connectivity index (χ3n) is 4.67. The van der Waals surface area contributed by atoms with Crippen LogP contribution in [0.2, 0.25) is 0 Å². The van der Waals surface area contributed by atoms with Gasteiger partial charge in [0.25, 0.3) is 5.91 Å². The second kappa shape index (κ2) is 7.40. The molecule has 7 N–H and O–H groups in total. The van der Waals surface area contributed by atoms with Crippen LogP contribution in [0, 0.1) is 0 Å². The first-order chi connectivity index (χ1) is 14.1. The molecule has 144 valence electrons. The first-order valence-corrected chi connectivity index (χ1v) is 8.97. The summed E-state index contributed by atoms with van der Waals surface area (Å²) in [7, 11) is 0. The minimum atomic E-state index is -0.433. The highest BCUT2D eigenvalue weighted by atomic mass is 16.2. The van der Waals surface area contributed by atoms with E-state index in [1.807, 2.05) is 42.6 Å². The molecule has 0 aliphatic rings. The van der Waals surface area contributed by atoms with Crippen LogP contribution in [0.5, 0.6) is 0 Å². The maximum absolute atomic E-state index is 12.6. The summed E-state index contributed by atoms with van der Waals surface area (Å²) in [5, 5.41) is 11.8. The second-order valence-corrected chi connectivity index (χ2v) is 6.55. The maximum Gasteiger partial charge on any atom is 0.271 e. The van der Waals surface area contributed by atoms with E-state index in [4.69, 9.17) is 11.5 Å². The van der Waals surface area contributed by atoms with Gasteiger partial charge in [0.2, 0.25) is 0 Å². The summed E-state index contributed by atoms with van der Waals surface area (Å²) < 4.78 is 0. The lowest BCUT2D eigenvalue weighted by atomic mass is 9.99. The summed E-state index contributed by atoms with van der Waals surface area (Å²) in [5.41, 5.74) is 16.4. The van der Waals surface area contributed by atoms with Crippen LogP contribution in [0.4, 0.5) is 5.69 Å². The van der Waals surface area contributed by atoms with Gasteiger partial charge in [0.1, 0.15) is 0 Å². The van der Waals surface area contributed by atoms with Gasteiger partial charge in [-0.2, -0.15) is 5.10 Å². The molecule has 0 bridgehead atoms. The average Bonchev–Trinajstić information content (AvgIpc) is 3.40. The van der Waals surface area contributed by atoms with Crippen LogP contribution in [0.3, 0.4) is 0 Å². The first-order valence-electron chi connectivity index (χ1n) is 8.97. The van der Waals surface area contributed by atoms with Crippen molar-refractivity contribution in [1.82, 2.24) is 15.2 Å². The Bertz CT molecular complexity index is 1290. The molecule has 1 amide bonds. The van der Waals surface area contributed by atoms with Crippen LogP contribution < -0.4 is 16.8 Å². The number of aromatic amines is 2. The summed E-state index contributed by atoms with van der Waals surface area (Å²) in [5.74, 6) is -0.433. The van der Waals surface area contributed by atoms with Gasteiger partial charge in [-0.3, -0.25) is 9.89 Å². The molecule has 0 aliphatic carbocycles. The van der Waals surface area contributed by atoms with Crippen molar-refractivity contribution in [1.29, 1.82) is 0 Å². The van der Waals surface area contributed by atoms with E-state index in [9.17, 15) is 4.79 Å². The molecule has 7 heteroatoms. The van der Waals surface area contributed by atoms with Crippen molar-refractivity contribution < 1.29 is 4.79 Å². The first kappa shape index (κ1) is 18.1. The van der Waals surface area contributed by atoms with Gasteiger partial charge in [-0.05, 0) is 53.6 Å². The third-order valence-corrected chi connectivity index (χ3v) is 4.67. The van der Waals surface area contributed by atoms with Gasteiger partial charge < -0.3 is 21.8 Å². The number of benzene rings is 2. The Labute approximate surface area is 166 Å². The Morgan fingerprint density at radius 3 is 2.79 bits per heavy atom. The van der Waals surface area contributed by atoms with Crippen molar-refractivity contribution in [2.75, 3.05) is 5.32 Å². The number of nitrogens with one attached hydrogen (secondary N) is 3. The van der Waals surface area contributed by atoms with E-state index in [0.717, 1.165) is 32.9 Å². The molecule has 0 unspecified atom stereocenters. The number of aromatic nitrogens is 3. The van der Waals surface area contributed by atoms with Gasteiger partial charge in [0.05, 0.1) is 23.1 Å². The highest BCUT2D eigenvalue weighted by Crippen LogP contribution is 2.33. The molecule has 0 aliphatic heterocycles. The number of amides is 1. The molecule has 2 aromatic heterocycles. The van der Waals surface area contributed by atoms with Gasteiger partial charge in [-0.25, -0.2) is 0 Å². The molecule has 0 saturated heterocycles. The predicted octanol–water partition coefficient (Wildman–Crippen LogP) is 3.52. The number of allylic oxidation sites excluding steroid dienone is 3. The zero-order valence-corrected chi connectivity index (χ0v) is 15.6. The smallest absolute Gasteiger partial charge is 0.271 e. The fourth-order valence-electron chi connectivity index (χ4n) is 3.17. The summed E-state index contributed by atoms with van der Waals surface area (Å²) in [6.07, 6.45) is 8.02. The van der Waals surface area contributed by atoms with Crippen molar-refractivity contribution in [3.63, 3.8) is 0 Å². The Morgan fingerprint density at radius 1 is 1.10 bits per heavy atom. The normalized spacial score (nSPS) is 12.4. The van der Waals surface area contributed by atoms with E-state index in [0.29, 0.717) is 11.4 Å². The highest BCUT2D eigenvalue weighted by Gasteiger charge is 2.13. The lowest BCUT2D eigenvalue weighted by Crippen LogP contribution is -2.20. The Morgan fingerprint density at radius 2 is 1.97 bits per heavy atom. The van der Waals surface area contributed by atoms with Crippen molar-refractivity contribution in [3.05, 3.63) is 85.0 Å². The number of nitrogens with two attached hydrogens (primary N) is 2. The third kappa shape index (κ3) is 3.49. The fourth-order valence-corrected chi connectivity index (χ4v) is 3.17. The monoisotopic (exact) mass is 384 g/mol. The van der Waals surface area contributed by atoms with Crippen molar-refractivity contribution in [2.45, 2.75) is 0 Å². The van der Waals surface area contributed by atoms with Crippen molar-refractivity contribution in [2.24, 2.45) is 11.5 Å². The molecule has 4 rings (SSSR count). The van der Waals surface area contributed by atoms with E-state index in [2.05, 4.69) is 27.1 Å². The summed E-state index contributed by atoms with van der Waals surface area (Å²) in [4.78, 5) is 15.8. The Hall–Kier alpha value is -4.26. The lowest BCUT2D eigenvalue weighted by molar-refractivity contribution is -0.112. The van der Waals surface area contributed by atoms with E-state index in [-0.39, 0.29) is 5.70 Å². The second-order valence-electron chi connectivity index (χ2n) is 6.55. The van der Waals surface area contributed by atoms with Gasteiger partial charge in [-0.15, -0.1) is 0 Å². The molecular weight excluding hydrogens is 364 g/mol. The number of H-pyrrole nitrogens is 2. The quantitative estimate of drug-likeness (QED) is 0.267. The molecule has 2 aromatic carbocycles. The molecule has 0 fully saturated rings. The van der Waals surface area contributed by atoms with Gasteiger partial charge >= 0.3 is 0 Å². The number of fused-ring (bicyclic) bond motifs is 2. The molecule has 7 nitrogen and oxygen atoms in total. The molecule has 0 radical (unpaired) electrons. The maximum atomic E-state index is 12.6. The minimum absolute atomic E-state index is 0.0320. The number of rotatable bonds is 5. The lowest BCUT2D eigenvalue weighted by Gasteiger charge is -2.10. The number of carbonyl (C=O) groups is 1. The van der Waals surface area contributed by atoms with Gasteiger partial charge in [0.15, 0.2) is 0 Å². The van der Waals surface area contributed by atoms with Gasteiger partial charge in [-0.1, -0.05) is 18.7 Å². The average molecular weight is 384 g/mol. The largest absolute Gasteiger partial charge is 0.399 e. The van der Waals surface area contributed by atoms with Crippen LogP contribution in [0.25, 0.3) is 32.9 Å². The van der Waals surface area contributed by atoms with E-state index < -0.39 is 5.91 Å². The molecule has 4 aromatic rings. The number of nitrogens with zero attached hydrogens (tertiary/aromatic N) is 1. The van der Waals surface area contributed by atoms with Crippen LogP contribution in [0.1, 0.15) is 0 Å². The van der Waals surface area contributed by atoms with Crippen molar-refractivity contribution >= 4 is 33.4 Å². The van der Waals surface area contributed by atoms with Crippen LogP contribution in [-0.4, -0.2) is 21.1 Å². The van der Waals surface area contributed by atoms with Crippen LogP contribution >= 0.6 is 0 Å². The summed E-state index contributed by atoms with van der Waals surface area (Å²) in [6, 6.07) is 12.0. The topological polar surface area (TPSA) is 126 Å². The van der Waals surface area contributed by atoms with Gasteiger partial charge in [0, 0.05) is 28.2 Å².